The molecule has 26 heavy (non-hydrogen) atoms. The highest BCUT2D eigenvalue weighted by Gasteiger charge is 2.15. The molecule has 0 fully saturated rings. The molecule has 0 bridgehead atoms. The lowest BCUT2D eigenvalue weighted by atomic mass is 10.1. The molecule has 0 saturated carbocycles. The number of halogens is 2. The number of methoxy groups -OCH3 is 1. The standard InChI is InChI=1S/C19H19Cl2NO4/c1-12(15-8-7-14(20)10-16(15)21)22-18(23)11-26-19(24)9-13-5-3-4-6-17(13)25-2/h3-8,10,12H,9,11H2,1-2H3,(H,22,23)/t12-/m1/s1. The molecule has 7 heteroatoms. The maximum atomic E-state index is 12.0. The molecule has 0 saturated heterocycles. The second-order valence-corrected chi connectivity index (χ2v) is 6.45. The summed E-state index contributed by atoms with van der Waals surface area (Å²) in [6.45, 7) is 1.41. The van der Waals surface area contributed by atoms with Crippen molar-refractivity contribution in [2.24, 2.45) is 0 Å². The SMILES string of the molecule is COc1ccccc1CC(=O)OCC(=O)N[C@H](C)c1ccc(Cl)cc1Cl. The third-order valence-electron chi connectivity index (χ3n) is 3.70. The van der Waals surface area contributed by atoms with Crippen LogP contribution in [0.25, 0.3) is 0 Å². The van der Waals surface area contributed by atoms with Gasteiger partial charge in [-0.1, -0.05) is 47.5 Å². The Hall–Kier alpha value is -2.24. The minimum atomic E-state index is -0.512. The van der Waals surface area contributed by atoms with Crippen molar-refractivity contribution < 1.29 is 19.1 Å². The van der Waals surface area contributed by atoms with Crippen molar-refractivity contribution in [3.8, 4) is 5.75 Å². The van der Waals surface area contributed by atoms with E-state index in [2.05, 4.69) is 5.32 Å². The lowest BCUT2D eigenvalue weighted by molar-refractivity contribution is -0.148. The third kappa shape index (κ3) is 5.64. The number of hydrogen-bond donors (Lipinski definition) is 1. The highest BCUT2D eigenvalue weighted by atomic mass is 35.5. The number of benzene rings is 2. The Morgan fingerprint density at radius 3 is 2.58 bits per heavy atom. The lowest BCUT2D eigenvalue weighted by Crippen LogP contribution is -2.31. The minimum absolute atomic E-state index is 0.0237. The number of ether oxygens (including phenoxy) is 2. The van der Waals surface area contributed by atoms with Crippen LogP contribution in [0.1, 0.15) is 24.1 Å². The van der Waals surface area contributed by atoms with E-state index in [1.54, 1.807) is 43.3 Å². The normalized spacial score (nSPS) is 11.5. The molecule has 0 aliphatic rings. The van der Waals surface area contributed by atoms with Gasteiger partial charge in [0.2, 0.25) is 0 Å². The van der Waals surface area contributed by atoms with Crippen molar-refractivity contribution in [3.63, 3.8) is 0 Å². The molecule has 138 valence electrons. The molecule has 0 aliphatic heterocycles. The highest BCUT2D eigenvalue weighted by Crippen LogP contribution is 2.26. The number of rotatable bonds is 7. The van der Waals surface area contributed by atoms with Gasteiger partial charge in [-0.25, -0.2) is 0 Å². The molecule has 2 aromatic carbocycles. The molecule has 5 nitrogen and oxygen atoms in total. The van der Waals surface area contributed by atoms with Crippen LogP contribution >= 0.6 is 23.2 Å². The number of hydrogen-bond acceptors (Lipinski definition) is 4. The van der Waals surface area contributed by atoms with Crippen molar-refractivity contribution >= 4 is 35.1 Å². The zero-order valence-electron chi connectivity index (χ0n) is 14.4. The van der Waals surface area contributed by atoms with E-state index in [4.69, 9.17) is 32.7 Å². The largest absolute Gasteiger partial charge is 0.496 e. The summed E-state index contributed by atoms with van der Waals surface area (Å²) in [6.07, 6.45) is 0.0237. The van der Waals surface area contributed by atoms with E-state index >= 15 is 0 Å². The van der Waals surface area contributed by atoms with Gasteiger partial charge in [-0.2, -0.15) is 0 Å². The molecule has 0 radical (unpaired) electrons. The highest BCUT2D eigenvalue weighted by molar-refractivity contribution is 6.35. The smallest absolute Gasteiger partial charge is 0.310 e. The number of esters is 1. The van der Waals surface area contributed by atoms with Crippen LogP contribution in [0, 0.1) is 0 Å². The second-order valence-electron chi connectivity index (χ2n) is 5.60. The number of carbonyl (C=O) groups excluding carboxylic acids is 2. The van der Waals surface area contributed by atoms with Gasteiger partial charge in [0, 0.05) is 15.6 Å². The summed E-state index contributed by atoms with van der Waals surface area (Å²) in [5.74, 6) is -0.335. The van der Waals surface area contributed by atoms with Gasteiger partial charge in [0.05, 0.1) is 19.6 Å². The molecular weight excluding hydrogens is 377 g/mol. The summed E-state index contributed by atoms with van der Waals surface area (Å²) in [5, 5.41) is 3.70. The van der Waals surface area contributed by atoms with Gasteiger partial charge in [-0.3, -0.25) is 9.59 Å². The number of para-hydroxylation sites is 1. The Labute approximate surface area is 162 Å². The first-order chi connectivity index (χ1) is 12.4. The Kier molecular flexibility index (Phi) is 7.30. The van der Waals surface area contributed by atoms with Crippen LogP contribution in [-0.4, -0.2) is 25.6 Å². The Balaban J connectivity index is 1.85. The quantitative estimate of drug-likeness (QED) is 0.720. The lowest BCUT2D eigenvalue weighted by Gasteiger charge is -2.16. The van der Waals surface area contributed by atoms with E-state index in [1.165, 1.54) is 7.11 Å². The van der Waals surface area contributed by atoms with Gasteiger partial charge < -0.3 is 14.8 Å². The van der Waals surface area contributed by atoms with Crippen LogP contribution in [-0.2, 0) is 20.7 Å². The molecule has 1 N–H and O–H groups in total. The van der Waals surface area contributed by atoms with Crippen LogP contribution in [0.2, 0.25) is 10.0 Å². The average Bonchev–Trinajstić information content (AvgIpc) is 2.60. The second kappa shape index (κ2) is 9.46. The molecule has 0 heterocycles. The number of carbonyl (C=O) groups is 2. The first kappa shape index (κ1) is 20.1. The number of nitrogens with one attached hydrogen (secondary N) is 1. The fourth-order valence-corrected chi connectivity index (χ4v) is 2.99. The molecule has 0 aliphatic carbocycles. The summed E-state index contributed by atoms with van der Waals surface area (Å²) >= 11 is 12.0. The number of amides is 1. The van der Waals surface area contributed by atoms with Gasteiger partial charge in [-0.15, -0.1) is 0 Å². The fraction of sp³-hybridized carbons (Fsp3) is 0.263. The fourth-order valence-electron chi connectivity index (χ4n) is 2.42. The predicted molar refractivity (Wildman–Crippen MR) is 101 cm³/mol. The van der Waals surface area contributed by atoms with Crippen molar-refractivity contribution in [2.45, 2.75) is 19.4 Å². The minimum Gasteiger partial charge on any atom is -0.496 e. The molecule has 1 atom stereocenters. The van der Waals surface area contributed by atoms with Gasteiger partial charge in [0.1, 0.15) is 5.75 Å². The van der Waals surface area contributed by atoms with Crippen molar-refractivity contribution in [1.82, 2.24) is 5.32 Å². The first-order valence-electron chi connectivity index (χ1n) is 7.92. The molecular formula is C19H19Cl2NO4. The van der Waals surface area contributed by atoms with Gasteiger partial charge in [-0.05, 0) is 30.7 Å². The molecule has 2 rings (SSSR count). The zero-order chi connectivity index (χ0) is 19.1. The summed E-state index contributed by atoms with van der Waals surface area (Å²) in [7, 11) is 1.53. The van der Waals surface area contributed by atoms with Crippen LogP contribution < -0.4 is 10.1 Å². The summed E-state index contributed by atoms with van der Waals surface area (Å²) in [5.41, 5.74) is 1.42. The van der Waals surface area contributed by atoms with Crippen LogP contribution in [0.3, 0.4) is 0 Å². The Morgan fingerprint density at radius 1 is 1.15 bits per heavy atom. The Bertz CT molecular complexity index is 795. The molecule has 0 spiro atoms. The zero-order valence-corrected chi connectivity index (χ0v) is 15.9. The average molecular weight is 396 g/mol. The van der Waals surface area contributed by atoms with Crippen LogP contribution in [0.15, 0.2) is 42.5 Å². The van der Waals surface area contributed by atoms with E-state index in [1.807, 2.05) is 6.07 Å². The summed E-state index contributed by atoms with van der Waals surface area (Å²) in [6, 6.07) is 11.8. The molecule has 2 aromatic rings. The third-order valence-corrected chi connectivity index (χ3v) is 4.26. The van der Waals surface area contributed by atoms with Gasteiger partial charge in [0.25, 0.3) is 5.91 Å². The van der Waals surface area contributed by atoms with E-state index in [0.717, 1.165) is 5.56 Å². The van der Waals surface area contributed by atoms with Crippen LogP contribution in [0.4, 0.5) is 0 Å². The topological polar surface area (TPSA) is 64.6 Å². The maximum Gasteiger partial charge on any atom is 0.310 e. The molecule has 1 amide bonds. The van der Waals surface area contributed by atoms with E-state index in [-0.39, 0.29) is 19.1 Å². The van der Waals surface area contributed by atoms with Crippen molar-refractivity contribution in [3.05, 3.63) is 63.6 Å². The monoisotopic (exact) mass is 395 g/mol. The summed E-state index contributed by atoms with van der Waals surface area (Å²) in [4.78, 5) is 23.9. The molecule has 0 unspecified atom stereocenters. The van der Waals surface area contributed by atoms with Gasteiger partial charge >= 0.3 is 5.97 Å². The van der Waals surface area contributed by atoms with Crippen LogP contribution in [0.5, 0.6) is 5.75 Å². The molecule has 0 aromatic heterocycles. The van der Waals surface area contributed by atoms with Crippen molar-refractivity contribution in [1.29, 1.82) is 0 Å². The van der Waals surface area contributed by atoms with Crippen molar-refractivity contribution in [2.75, 3.05) is 13.7 Å². The van der Waals surface area contributed by atoms with E-state index in [0.29, 0.717) is 21.4 Å². The van der Waals surface area contributed by atoms with E-state index in [9.17, 15) is 9.59 Å². The van der Waals surface area contributed by atoms with E-state index < -0.39 is 11.9 Å². The Morgan fingerprint density at radius 2 is 1.88 bits per heavy atom. The first-order valence-corrected chi connectivity index (χ1v) is 8.68. The maximum absolute atomic E-state index is 12.0. The van der Waals surface area contributed by atoms with Gasteiger partial charge in [0.15, 0.2) is 6.61 Å². The predicted octanol–water partition coefficient (Wildman–Crippen LogP) is 3.97. The summed E-state index contributed by atoms with van der Waals surface area (Å²) < 4.78 is 10.2.